The van der Waals surface area contributed by atoms with E-state index < -0.39 is 0 Å². The minimum absolute atomic E-state index is 0.0367. The molecule has 0 radical (unpaired) electrons. The first-order valence-electron chi connectivity index (χ1n) is 11.2. The van der Waals surface area contributed by atoms with Gasteiger partial charge in [-0.15, -0.1) is 0 Å². The van der Waals surface area contributed by atoms with Crippen LogP contribution in [-0.4, -0.2) is 46.3 Å². The molecule has 0 aromatic heterocycles. The van der Waals surface area contributed by atoms with Crippen molar-refractivity contribution in [1.29, 1.82) is 0 Å². The third-order valence-electron chi connectivity index (χ3n) is 6.21. The van der Waals surface area contributed by atoms with Crippen LogP contribution in [0.15, 0.2) is 48.5 Å². The SMILES string of the molecule is CC(C)C(=O)N(C[C@@H]1CN(Cc2ccccc2[N+](=O)[O-])C[C@H]1c1cccc(F)c1)C(C)C. The fourth-order valence-corrected chi connectivity index (χ4v) is 4.59. The first-order chi connectivity index (χ1) is 15.2. The summed E-state index contributed by atoms with van der Waals surface area (Å²) in [6, 6.07) is 13.5. The minimum Gasteiger partial charge on any atom is -0.340 e. The molecule has 0 bridgehead atoms. The Bertz CT molecular complexity index is 963. The van der Waals surface area contributed by atoms with E-state index in [2.05, 4.69) is 4.90 Å². The van der Waals surface area contributed by atoms with Crippen molar-refractivity contribution in [3.63, 3.8) is 0 Å². The van der Waals surface area contributed by atoms with Gasteiger partial charge in [0.2, 0.25) is 5.91 Å². The number of nitro groups is 1. The molecule has 7 heteroatoms. The molecule has 1 aliphatic rings. The van der Waals surface area contributed by atoms with E-state index in [-0.39, 0.29) is 46.1 Å². The van der Waals surface area contributed by atoms with Crippen LogP contribution in [0.2, 0.25) is 0 Å². The summed E-state index contributed by atoms with van der Waals surface area (Å²) in [6.45, 7) is 10.2. The van der Waals surface area contributed by atoms with Gasteiger partial charge in [0.15, 0.2) is 0 Å². The van der Waals surface area contributed by atoms with Crippen LogP contribution in [0.3, 0.4) is 0 Å². The molecule has 0 N–H and O–H groups in total. The maximum atomic E-state index is 14.0. The Kier molecular flexibility index (Phi) is 7.61. The summed E-state index contributed by atoms with van der Waals surface area (Å²) in [5, 5.41) is 11.4. The molecule has 3 rings (SSSR count). The van der Waals surface area contributed by atoms with Crippen molar-refractivity contribution in [3.8, 4) is 0 Å². The molecule has 32 heavy (non-hydrogen) atoms. The van der Waals surface area contributed by atoms with Crippen molar-refractivity contribution in [2.24, 2.45) is 11.8 Å². The molecule has 1 saturated heterocycles. The zero-order valence-corrected chi connectivity index (χ0v) is 19.2. The van der Waals surface area contributed by atoms with Gasteiger partial charge in [-0.2, -0.15) is 0 Å². The Labute approximate surface area is 189 Å². The van der Waals surface area contributed by atoms with E-state index in [1.807, 2.05) is 44.7 Å². The van der Waals surface area contributed by atoms with E-state index >= 15 is 0 Å². The zero-order valence-electron chi connectivity index (χ0n) is 19.2. The predicted molar refractivity (Wildman–Crippen MR) is 123 cm³/mol. The summed E-state index contributed by atoms with van der Waals surface area (Å²) in [4.78, 5) is 28.0. The average molecular weight is 442 g/mol. The molecular formula is C25H32FN3O3. The highest BCUT2D eigenvalue weighted by Crippen LogP contribution is 2.35. The molecule has 1 fully saturated rings. The molecule has 0 saturated carbocycles. The van der Waals surface area contributed by atoms with Gasteiger partial charge in [0.05, 0.1) is 4.92 Å². The number of amides is 1. The number of nitro benzene ring substituents is 1. The Morgan fingerprint density at radius 1 is 1.16 bits per heavy atom. The lowest BCUT2D eigenvalue weighted by molar-refractivity contribution is -0.385. The van der Waals surface area contributed by atoms with Gasteiger partial charge in [0.25, 0.3) is 5.69 Å². The van der Waals surface area contributed by atoms with Crippen LogP contribution in [0.25, 0.3) is 0 Å². The number of halogens is 1. The summed E-state index contributed by atoms with van der Waals surface area (Å²) >= 11 is 0. The second-order valence-electron chi connectivity index (χ2n) is 9.24. The van der Waals surface area contributed by atoms with E-state index in [0.717, 1.165) is 5.56 Å². The van der Waals surface area contributed by atoms with Crippen molar-refractivity contribution in [3.05, 3.63) is 75.6 Å². The molecule has 1 amide bonds. The van der Waals surface area contributed by atoms with Gasteiger partial charge < -0.3 is 4.90 Å². The molecule has 2 aromatic rings. The molecule has 172 valence electrons. The first-order valence-corrected chi connectivity index (χ1v) is 11.2. The van der Waals surface area contributed by atoms with E-state index in [1.54, 1.807) is 24.3 Å². The summed E-state index contributed by atoms with van der Waals surface area (Å²) in [6.07, 6.45) is 0. The molecule has 1 aliphatic heterocycles. The molecule has 0 aliphatic carbocycles. The van der Waals surface area contributed by atoms with Crippen molar-refractivity contribution in [1.82, 2.24) is 9.80 Å². The largest absolute Gasteiger partial charge is 0.340 e. The third kappa shape index (κ3) is 5.51. The number of likely N-dealkylation sites (tertiary alicyclic amines) is 1. The average Bonchev–Trinajstić information content (AvgIpc) is 3.13. The highest BCUT2D eigenvalue weighted by atomic mass is 19.1. The van der Waals surface area contributed by atoms with E-state index in [1.165, 1.54) is 12.1 Å². The van der Waals surface area contributed by atoms with Crippen LogP contribution in [0.1, 0.15) is 44.7 Å². The van der Waals surface area contributed by atoms with Crippen molar-refractivity contribution < 1.29 is 14.1 Å². The smallest absolute Gasteiger partial charge is 0.273 e. The van der Waals surface area contributed by atoms with Crippen LogP contribution >= 0.6 is 0 Å². The lowest BCUT2D eigenvalue weighted by Gasteiger charge is -2.33. The van der Waals surface area contributed by atoms with E-state index in [4.69, 9.17) is 0 Å². The number of nitrogens with zero attached hydrogens (tertiary/aromatic N) is 3. The van der Waals surface area contributed by atoms with Gasteiger partial charge >= 0.3 is 0 Å². The molecule has 2 atom stereocenters. The quantitative estimate of drug-likeness (QED) is 0.434. The van der Waals surface area contributed by atoms with Gasteiger partial charge in [-0.25, -0.2) is 4.39 Å². The fraction of sp³-hybridized carbons (Fsp3) is 0.480. The number of rotatable bonds is 8. The van der Waals surface area contributed by atoms with E-state index in [9.17, 15) is 19.3 Å². The number of carbonyl (C=O) groups excluding carboxylic acids is 1. The maximum Gasteiger partial charge on any atom is 0.273 e. The molecule has 6 nitrogen and oxygen atoms in total. The summed E-state index contributed by atoms with van der Waals surface area (Å²) in [5.41, 5.74) is 1.67. The summed E-state index contributed by atoms with van der Waals surface area (Å²) in [5.74, 6) is -0.138. The van der Waals surface area contributed by atoms with Crippen molar-refractivity contribution in [2.75, 3.05) is 19.6 Å². The van der Waals surface area contributed by atoms with Gasteiger partial charge in [-0.1, -0.05) is 44.2 Å². The molecule has 0 unspecified atom stereocenters. The predicted octanol–water partition coefficient (Wildman–Crippen LogP) is 4.84. The Morgan fingerprint density at radius 2 is 1.88 bits per heavy atom. The van der Waals surface area contributed by atoms with Gasteiger partial charge in [-0.3, -0.25) is 19.8 Å². The number of carbonyl (C=O) groups is 1. The standard InChI is InChI=1S/C25H32FN3O3/c1-17(2)25(30)28(18(3)4)15-21-14-27(13-20-8-5-6-11-24(20)29(31)32)16-23(21)19-9-7-10-22(26)12-19/h5-12,17-18,21,23H,13-16H2,1-4H3/t21-,23-/m0/s1. The van der Waals surface area contributed by atoms with Crippen LogP contribution in [0.4, 0.5) is 10.1 Å². The lowest BCUT2D eigenvalue weighted by Crippen LogP contribution is -2.43. The molecule has 0 spiro atoms. The minimum atomic E-state index is -0.352. The summed E-state index contributed by atoms with van der Waals surface area (Å²) in [7, 11) is 0. The van der Waals surface area contributed by atoms with Crippen molar-refractivity contribution >= 4 is 11.6 Å². The number of para-hydroxylation sites is 1. The van der Waals surface area contributed by atoms with Gasteiger partial charge in [-0.05, 0) is 37.5 Å². The number of hydrogen-bond donors (Lipinski definition) is 0. The Hall–Kier alpha value is -2.80. The van der Waals surface area contributed by atoms with Gasteiger partial charge in [0, 0.05) is 55.7 Å². The first kappa shape index (κ1) is 23.9. The van der Waals surface area contributed by atoms with E-state index in [0.29, 0.717) is 31.7 Å². The molecular weight excluding hydrogens is 409 g/mol. The highest BCUT2D eigenvalue weighted by molar-refractivity contribution is 5.78. The van der Waals surface area contributed by atoms with Crippen LogP contribution in [-0.2, 0) is 11.3 Å². The van der Waals surface area contributed by atoms with Crippen LogP contribution < -0.4 is 0 Å². The Balaban J connectivity index is 1.88. The van der Waals surface area contributed by atoms with Crippen LogP contribution in [0, 0.1) is 27.8 Å². The monoisotopic (exact) mass is 441 g/mol. The normalized spacial score (nSPS) is 19.0. The van der Waals surface area contributed by atoms with Crippen LogP contribution in [0.5, 0.6) is 0 Å². The Morgan fingerprint density at radius 3 is 2.50 bits per heavy atom. The number of benzene rings is 2. The zero-order chi connectivity index (χ0) is 23.4. The fourth-order valence-electron chi connectivity index (χ4n) is 4.59. The topological polar surface area (TPSA) is 66.7 Å². The third-order valence-corrected chi connectivity index (χ3v) is 6.21. The summed E-state index contributed by atoms with van der Waals surface area (Å²) < 4.78 is 14.0. The molecule has 2 aromatic carbocycles. The number of hydrogen-bond acceptors (Lipinski definition) is 4. The van der Waals surface area contributed by atoms with Crippen molar-refractivity contribution in [2.45, 2.75) is 46.2 Å². The second kappa shape index (κ2) is 10.2. The van der Waals surface area contributed by atoms with Gasteiger partial charge in [0.1, 0.15) is 5.82 Å². The lowest BCUT2D eigenvalue weighted by atomic mass is 9.88. The highest BCUT2D eigenvalue weighted by Gasteiger charge is 2.37. The molecule has 1 heterocycles. The maximum absolute atomic E-state index is 14.0. The second-order valence-corrected chi connectivity index (χ2v) is 9.24.